The lowest BCUT2D eigenvalue weighted by molar-refractivity contribution is 0.0210. The number of methoxy groups -OCH3 is 1. The van der Waals surface area contributed by atoms with Crippen molar-refractivity contribution in [3.63, 3.8) is 0 Å². The first-order valence-corrected chi connectivity index (χ1v) is 16.0. The normalized spacial score (nSPS) is 19.6. The second-order valence-electron chi connectivity index (χ2n) is 12.7. The summed E-state index contributed by atoms with van der Waals surface area (Å²) in [7, 11) is 1.56. The molecule has 2 aromatic carbocycles. The van der Waals surface area contributed by atoms with E-state index in [1.807, 2.05) is 62.3 Å². The number of amides is 1. The van der Waals surface area contributed by atoms with E-state index in [4.69, 9.17) is 24.2 Å². The van der Waals surface area contributed by atoms with Gasteiger partial charge in [0.1, 0.15) is 27.6 Å². The molecule has 1 amide bonds. The predicted molar refractivity (Wildman–Crippen MR) is 171 cm³/mol. The first-order chi connectivity index (χ1) is 21.1. The molecule has 228 valence electrons. The average molecular weight is 615 g/mol. The molecule has 0 spiro atoms. The monoisotopic (exact) mass is 614 g/mol. The van der Waals surface area contributed by atoms with E-state index in [1.54, 1.807) is 19.4 Å². The molecular weight excluding hydrogens is 579 g/mol. The number of fused-ring (bicyclic) bond motifs is 5. The Morgan fingerprint density at radius 1 is 1.14 bits per heavy atom. The summed E-state index contributed by atoms with van der Waals surface area (Å²) in [5, 5.41) is 4.14. The number of hydrogen-bond donors (Lipinski definition) is 0. The van der Waals surface area contributed by atoms with Crippen LogP contribution < -0.4 is 4.74 Å². The van der Waals surface area contributed by atoms with Gasteiger partial charge < -0.3 is 23.7 Å². The number of pyridine rings is 2. The highest BCUT2D eigenvalue weighted by atomic mass is 32.2. The van der Waals surface area contributed by atoms with E-state index in [1.165, 1.54) is 11.8 Å². The Hall–Kier alpha value is -3.89. The number of hydrogen-bond acceptors (Lipinski definition) is 7. The van der Waals surface area contributed by atoms with Gasteiger partial charge >= 0.3 is 6.09 Å². The van der Waals surface area contributed by atoms with Crippen molar-refractivity contribution in [2.75, 3.05) is 26.7 Å². The zero-order chi connectivity index (χ0) is 30.9. The van der Waals surface area contributed by atoms with Crippen molar-refractivity contribution in [2.45, 2.75) is 56.8 Å². The van der Waals surface area contributed by atoms with Gasteiger partial charge in [0.05, 0.1) is 17.6 Å². The Bertz CT molecular complexity index is 1950. The number of ether oxygens (including phenoxy) is 3. The van der Waals surface area contributed by atoms with Gasteiger partial charge in [-0.25, -0.2) is 14.2 Å². The van der Waals surface area contributed by atoms with Crippen LogP contribution in [0.15, 0.2) is 53.7 Å². The number of nitrogens with zero attached hydrogens (tertiary/aromatic N) is 4. The SMILES string of the molecule is COCOc1cc(-c2ncc3c(nc(SC)c4cc(C)n(C5C6CC5N(C(=O)OC(C)(C)C)C6)c43)c2F)c2ccccc2c1. The molecule has 5 heterocycles. The number of halogens is 1. The van der Waals surface area contributed by atoms with E-state index in [9.17, 15) is 4.79 Å². The van der Waals surface area contributed by atoms with Gasteiger partial charge in [0.25, 0.3) is 0 Å². The minimum Gasteiger partial charge on any atom is -0.468 e. The molecule has 0 N–H and O–H groups in total. The highest BCUT2D eigenvalue weighted by Crippen LogP contribution is 2.52. The topological polar surface area (TPSA) is 78.7 Å². The van der Waals surface area contributed by atoms with E-state index >= 15 is 4.39 Å². The molecule has 2 aliphatic heterocycles. The lowest BCUT2D eigenvalue weighted by Gasteiger charge is -2.39. The van der Waals surface area contributed by atoms with Crippen LogP contribution in [-0.2, 0) is 9.47 Å². The fraction of sp³-hybridized carbons (Fsp3) is 0.382. The van der Waals surface area contributed by atoms with Crippen molar-refractivity contribution in [1.82, 2.24) is 19.4 Å². The molecular formula is C34H35FN4O4S. The number of carbonyl (C=O) groups is 1. The van der Waals surface area contributed by atoms with Crippen LogP contribution in [0.3, 0.4) is 0 Å². The lowest BCUT2D eigenvalue weighted by Crippen LogP contribution is -2.44. The molecule has 3 fully saturated rings. The third-order valence-corrected chi connectivity index (χ3v) is 9.43. The summed E-state index contributed by atoms with van der Waals surface area (Å²) in [6.07, 6.45) is 4.35. The van der Waals surface area contributed by atoms with E-state index in [0.29, 0.717) is 29.2 Å². The van der Waals surface area contributed by atoms with E-state index in [2.05, 4.69) is 17.6 Å². The number of thioether (sulfide) groups is 1. The van der Waals surface area contributed by atoms with Gasteiger partial charge in [0, 0.05) is 47.8 Å². The first kappa shape index (κ1) is 28.9. The Balaban J connectivity index is 1.39. The molecule has 1 saturated carbocycles. The molecule has 2 bridgehead atoms. The highest BCUT2D eigenvalue weighted by molar-refractivity contribution is 7.98. The van der Waals surface area contributed by atoms with Gasteiger partial charge in [-0.15, -0.1) is 11.8 Å². The summed E-state index contributed by atoms with van der Waals surface area (Å²) in [6.45, 7) is 8.45. The summed E-state index contributed by atoms with van der Waals surface area (Å²) in [5.41, 5.74) is 2.50. The fourth-order valence-corrected chi connectivity index (χ4v) is 7.49. The Kier molecular flexibility index (Phi) is 6.97. The summed E-state index contributed by atoms with van der Waals surface area (Å²) in [4.78, 5) is 24.5. The number of carbonyl (C=O) groups excluding carboxylic acids is 1. The molecule has 10 heteroatoms. The Labute approximate surface area is 259 Å². The largest absolute Gasteiger partial charge is 0.468 e. The number of rotatable bonds is 6. The molecule has 1 aliphatic carbocycles. The summed E-state index contributed by atoms with van der Waals surface area (Å²) in [6, 6.07) is 13.7. The van der Waals surface area contributed by atoms with Crippen molar-refractivity contribution in [3.8, 4) is 17.0 Å². The van der Waals surface area contributed by atoms with Crippen LogP contribution in [0.2, 0.25) is 0 Å². The molecule has 44 heavy (non-hydrogen) atoms. The molecule has 3 aliphatic rings. The van der Waals surface area contributed by atoms with Gasteiger partial charge in [-0.05, 0) is 69.3 Å². The molecule has 5 aromatic rings. The molecule has 8 rings (SSSR count). The standard InChI is InChI=1S/C34H35FN4O4S/c1-18-11-24-31(39(18)30-20-13-26(30)38(16-20)33(40)43-34(2,3)4)25-15-36-28(27(35)29(25)37-32(24)44-6)23-14-21(42-17-41-5)12-19-9-7-8-10-22(19)23/h7-12,14-15,20,26,30H,13,16-17H2,1-6H3. The van der Waals surface area contributed by atoms with Gasteiger partial charge in [0.2, 0.25) is 0 Å². The van der Waals surface area contributed by atoms with Crippen LogP contribution in [0, 0.1) is 18.7 Å². The van der Waals surface area contributed by atoms with E-state index in [0.717, 1.165) is 38.8 Å². The molecule has 0 radical (unpaired) electrons. The third-order valence-electron chi connectivity index (χ3n) is 8.73. The van der Waals surface area contributed by atoms with Crippen molar-refractivity contribution < 1.29 is 23.4 Å². The third kappa shape index (κ3) is 4.57. The van der Waals surface area contributed by atoms with Crippen molar-refractivity contribution in [2.24, 2.45) is 5.92 Å². The Morgan fingerprint density at radius 3 is 2.68 bits per heavy atom. The second kappa shape index (κ2) is 10.6. The van der Waals surface area contributed by atoms with Gasteiger partial charge in [0.15, 0.2) is 12.6 Å². The first-order valence-electron chi connectivity index (χ1n) is 14.8. The molecule has 3 atom stereocenters. The van der Waals surface area contributed by atoms with Crippen LogP contribution in [0.5, 0.6) is 5.75 Å². The quantitative estimate of drug-likeness (QED) is 0.143. The summed E-state index contributed by atoms with van der Waals surface area (Å²) in [5.74, 6) is 0.377. The molecule has 8 nitrogen and oxygen atoms in total. The van der Waals surface area contributed by atoms with Gasteiger partial charge in [-0.3, -0.25) is 4.98 Å². The number of aromatic nitrogens is 3. The van der Waals surface area contributed by atoms with Crippen LogP contribution in [0.4, 0.5) is 9.18 Å². The minimum absolute atomic E-state index is 0.0170. The maximum atomic E-state index is 16.8. The van der Waals surface area contributed by atoms with Gasteiger partial charge in [-0.2, -0.15) is 0 Å². The Morgan fingerprint density at radius 2 is 1.93 bits per heavy atom. The van der Waals surface area contributed by atoms with Gasteiger partial charge in [-0.1, -0.05) is 24.3 Å². The minimum atomic E-state index is -0.563. The van der Waals surface area contributed by atoms with Crippen LogP contribution in [-0.4, -0.2) is 63.9 Å². The average Bonchev–Trinajstić information content (AvgIpc) is 3.68. The van der Waals surface area contributed by atoms with Crippen LogP contribution in [0.25, 0.3) is 43.8 Å². The number of aryl methyl sites for hydroxylation is 1. The maximum absolute atomic E-state index is 16.8. The fourth-order valence-electron chi connectivity index (χ4n) is 6.93. The second-order valence-corrected chi connectivity index (χ2v) is 13.4. The van der Waals surface area contributed by atoms with E-state index < -0.39 is 11.4 Å². The van der Waals surface area contributed by atoms with Crippen LogP contribution >= 0.6 is 11.8 Å². The van der Waals surface area contributed by atoms with Crippen LogP contribution in [0.1, 0.15) is 38.9 Å². The zero-order valence-electron chi connectivity index (χ0n) is 25.7. The summed E-state index contributed by atoms with van der Waals surface area (Å²) >= 11 is 1.50. The predicted octanol–water partition coefficient (Wildman–Crippen LogP) is 7.74. The number of benzene rings is 2. The molecule has 3 aromatic heterocycles. The van der Waals surface area contributed by atoms with Crippen molar-refractivity contribution >= 4 is 50.4 Å². The zero-order valence-corrected chi connectivity index (χ0v) is 26.5. The molecule has 2 saturated heterocycles. The van der Waals surface area contributed by atoms with Crippen molar-refractivity contribution in [3.05, 3.63) is 60.2 Å². The smallest absolute Gasteiger partial charge is 0.410 e. The maximum Gasteiger partial charge on any atom is 0.410 e. The molecule has 3 unspecified atom stereocenters. The lowest BCUT2D eigenvalue weighted by atomic mass is 9.79. The van der Waals surface area contributed by atoms with E-state index in [-0.39, 0.29) is 36.2 Å². The van der Waals surface area contributed by atoms with Crippen molar-refractivity contribution in [1.29, 1.82) is 0 Å². The summed E-state index contributed by atoms with van der Waals surface area (Å²) < 4.78 is 35.6. The highest BCUT2D eigenvalue weighted by Gasteiger charge is 2.56.